The number of likely N-dealkylation sites (N-methyl/N-ethyl adjacent to an activating group) is 1. The van der Waals surface area contributed by atoms with E-state index < -0.39 is 11.7 Å². The van der Waals surface area contributed by atoms with Crippen molar-refractivity contribution in [3.63, 3.8) is 0 Å². The first-order valence-corrected chi connectivity index (χ1v) is 7.80. The maximum atomic E-state index is 12.6. The monoisotopic (exact) mass is 301 g/mol. The third-order valence-electron chi connectivity index (χ3n) is 4.03. The van der Waals surface area contributed by atoms with Crippen molar-refractivity contribution >= 4 is 0 Å². The molecule has 0 radical (unpaired) electrons. The number of rotatable bonds is 8. The standard InChI is InChI=1S/C17H26F3N/c1-4-13(5-2)11-16(21-6-3)12-14-7-9-15(10-8-14)17(18,19)20/h7-10,13,16,21H,4-6,11-12H2,1-3H3. The maximum Gasteiger partial charge on any atom is 0.416 e. The van der Waals surface area contributed by atoms with E-state index in [2.05, 4.69) is 26.1 Å². The highest BCUT2D eigenvalue weighted by atomic mass is 19.4. The zero-order valence-corrected chi connectivity index (χ0v) is 13.1. The van der Waals surface area contributed by atoms with Crippen LogP contribution in [0.3, 0.4) is 0 Å². The highest BCUT2D eigenvalue weighted by Gasteiger charge is 2.30. The summed E-state index contributed by atoms with van der Waals surface area (Å²) >= 11 is 0. The van der Waals surface area contributed by atoms with Crippen LogP contribution < -0.4 is 5.32 Å². The van der Waals surface area contributed by atoms with E-state index >= 15 is 0 Å². The number of hydrogen-bond acceptors (Lipinski definition) is 1. The summed E-state index contributed by atoms with van der Waals surface area (Å²) in [6.45, 7) is 7.32. The van der Waals surface area contributed by atoms with Crippen molar-refractivity contribution in [1.29, 1.82) is 0 Å². The van der Waals surface area contributed by atoms with Gasteiger partial charge in [0, 0.05) is 6.04 Å². The Kier molecular flexibility index (Phi) is 7.23. The molecule has 1 N–H and O–H groups in total. The summed E-state index contributed by atoms with van der Waals surface area (Å²) in [5.41, 5.74) is 0.381. The molecule has 1 unspecified atom stereocenters. The van der Waals surface area contributed by atoms with Crippen LogP contribution in [0, 0.1) is 5.92 Å². The Morgan fingerprint density at radius 3 is 2.00 bits per heavy atom. The SMILES string of the molecule is CCNC(Cc1ccc(C(F)(F)F)cc1)CC(CC)CC. The Morgan fingerprint density at radius 1 is 1.00 bits per heavy atom. The van der Waals surface area contributed by atoms with Gasteiger partial charge < -0.3 is 5.32 Å². The lowest BCUT2D eigenvalue weighted by atomic mass is 9.91. The summed E-state index contributed by atoms with van der Waals surface area (Å²) in [4.78, 5) is 0. The van der Waals surface area contributed by atoms with Crippen molar-refractivity contribution in [1.82, 2.24) is 5.32 Å². The van der Waals surface area contributed by atoms with Crippen LogP contribution in [-0.2, 0) is 12.6 Å². The van der Waals surface area contributed by atoms with E-state index in [4.69, 9.17) is 0 Å². The molecule has 0 aliphatic carbocycles. The van der Waals surface area contributed by atoms with Crippen molar-refractivity contribution in [2.24, 2.45) is 5.92 Å². The van der Waals surface area contributed by atoms with E-state index in [9.17, 15) is 13.2 Å². The smallest absolute Gasteiger partial charge is 0.314 e. The molecule has 1 rings (SSSR count). The summed E-state index contributed by atoms with van der Waals surface area (Å²) < 4.78 is 37.7. The fourth-order valence-electron chi connectivity index (χ4n) is 2.67. The van der Waals surface area contributed by atoms with Crippen LogP contribution >= 0.6 is 0 Å². The van der Waals surface area contributed by atoms with Gasteiger partial charge in [-0.05, 0) is 43.0 Å². The molecule has 0 amide bonds. The van der Waals surface area contributed by atoms with E-state index in [1.807, 2.05) is 0 Å². The first-order chi connectivity index (χ1) is 9.90. The first kappa shape index (κ1) is 18.0. The van der Waals surface area contributed by atoms with Gasteiger partial charge >= 0.3 is 6.18 Å². The Labute approximate surface area is 125 Å². The molecule has 1 aromatic rings. The van der Waals surface area contributed by atoms with Gasteiger partial charge in [-0.15, -0.1) is 0 Å². The average molecular weight is 301 g/mol. The summed E-state index contributed by atoms with van der Waals surface area (Å²) in [6.07, 6.45) is -0.115. The Bertz CT molecular complexity index is 393. The largest absolute Gasteiger partial charge is 0.416 e. The van der Waals surface area contributed by atoms with Crippen LogP contribution in [0.4, 0.5) is 13.2 Å². The van der Waals surface area contributed by atoms with Crippen LogP contribution in [0.2, 0.25) is 0 Å². The van der Waals surface area contributed by atoms with Crippen LogP contribution in [0.5, 0.6) is 0 Å². The van der Waals surface area contributed by atoms with E-state index in [1.54, 1.807) is 12.1 Å². The predicted octanol–water partition coefficient (Wildman–Crippen LogP) is 5.05. The van der Waals surface area contributed by atoms with Gasteiger partial charge in [-0.2, -0.15) is 13.2 Å². The molecule has 21 heavy (non-hydrogen) atoms. The molecule has 4 heteroatoms. The van der Waals surface area contributed by atoms with E-state index in [0.29, 0.717) is 12.0 Å². The number of hydrogen-bond donors (Lipinski definition) is 1. The van der Waals surface area contributed by atoms with Crippen molar-refractivity contribution in [2.75, 3.05) is 6.54 Å². The highest BCUT2D eigenvalue weighted by Crippen LogP contribution is 2.29. The van der Waals surface area contributed by atoms with E-state index in [0.717, 1.165) is 37.8 Å². The molecule has 0 spiro atoms. The summed E-state index contributed by atoms with van der Waals surface area (Å²) in [7, 11) is 0. The minimum atomic E-state index is -4.25. The van der Waals surface area contributed by atoms with Gasteiger partial charge in [-0.3, -0.25) is 0 Å². The molecule has 1 aromatic carbocycles. The molecule has 0 aliphatic rings. The Morgan fingerprint density at radius 2 is 1.57 bits per heavy atom. The number of nitrogens with one attached hydrogen (secondary N) is 1. The predicted molar refractivity (Wildman–Crippen MR) is 81.3 cm³/mol. The second-order valence-corrected chi connectivity index (χ2v) is 5.57. The van der Waals surface area contributed by atoms with Crippen molar-refractivity contribution in [3.8, 4) is 0 Å². The minimum absolute atomic E-state index is 0.330. The van der Waals surface area contributed by atoms with Crippen molar-refractivity contribution in [2.45, 2.75) is 58.7 Å². The summed E-state index contributed by atoms with van der Waals surface area (Å²) in [5, 5.41) is 3.45. The molecule has 0 saturated carbocycles. The number of alkyl halides is 3. The third-order valence-corrected chi connectivity index (χ3v) is 4.03. The molecule has 1 nitrogen and oxygen atoms in total. The van der Waals surface area contributed by atoms with Gasteiger partial charge in [-0.1, -0.05) is 45.7 Å². The van der Waals surface area contributed by atoms with Gasteiger partial charge in [0.25, 0.3) is 0 Å². The topological polar surface area (TPSA) is 12.0 Å². The van der Waals surface area contributed by atoms with Crippen LogP contribution in [0.25, 0.3) is 0 Å². The molecular weight excluding hydrogens is 275 g/mol. The summed E-state index contributed by atoms with van der Waals surface area (Å²) in [6, 6.07) is 5.88. The van der Waals surface area contributed by atoms with E-state index in [1.165, 1.54) is 12.1 Å². The molecule has 0 saturated heterocycles. The zero-order chi connectivity index (χ0) is 15.9. The second-order valence-electron chi connectivity index (χ2n) is 5.57. The molecule has 120 valence electrons. The third kappa shape index (κ3) is 6.08. The fraction of sp³-hybridized carbons (Fsp3) is 0.647. The second kappa shape index (κ2) is 8.42. The molecule has 0 bridgehead atoms. The van der Waals surface area contributed by atoms with Gasteiger partial charge in [0.15, 0.2) is 0 Å². The van der Waals surface area contributed by atoms with Crippen molar-refractivity contribution in [3.05, 3.63) is 35.4 Å². The van der Waals surface area contributed by atoms with Gasteiger partial charge in [-0.25, -0.2) is 0 Å². The van der Waals surface area contributed by atoms with Crippen LogP contribution in [-0.4, -0.2) is 12.6 Å². The van der Waals surface area contributed by atoms with Crippen LogP contribution in [0.15, 0.2) is 24.3 Å². The average Bonchev–Trinajstić information content (AvgIpc) is 2.44. The minimum Gasteiger partial charge on any atom is -0.314 e. The maximum absolute atomic E-state index is 12.6. The lowest BCUT2D eigenvalue weighted by Crippen LogP contribution is -2.33. The Hall–Kier alpha value is -1.03. The highest BCUT2D eigenvalue weighted by molar-refractivity contribution is 5.25. The first-order valence-electron chi connectivity index (χ1n) is 7.80. The quantitative estimate of drug-likeness (QED) is 0.708. The number of benzene rings is 1. The lowest BCUT2D eigenvalue weighted by Gasteiger charge is -2.23. The van der Waals surface area contributed by atoms with Crippen molar-refractivity contribution < 1.29 is 13.2 Å². The van der Waals surface area contributed by atoms with E-state index in [-0.39, 0.29) is 0 Å². The summed E-state index contributed by atoms with van der Waals surface area (Å²) in [5.74, 6) is 0.670. The Balaban J connectivity index is 2.70. The molecule has 0 aliphatic heterocycles. The molecule has 0 fully saturated rings. The molecule has 0 aromatic heterocycles. The van der Waals surface area contributed by atoms with Gasteiger partial charge in [0.1, 0.15) is 0 Å². The van der Waals surface area contributed by atoms with Gasteiger partial charge in [0.2, 0.25) is 0 Å². The van der Waals surface area contributed by atoms with Gasteiger partial charge in [0.05, 0.1) is 5.56 Å². The fourth-order valence-corrected chi connectivity index (χ4v) is 2.67. The normalized spacial score (nSPS) is 13.7. The van der Waals surface area contributed by atoms with Crippen LogP contribution in [0.1, 0.15) is 51.2 Å². The number of halogens is 3. The molecule has 0 heterocycles. The zero-order valence-electron chi connectivity index (χ0n) is 13.1. The molecular formula is C17H26F3N. The molecule has 1 atom stereocenters. The lowest BCUT2D eigenvalue weighted by molar-refractivity contribution is -0.137.